The van der Waals surface area contributed by atoms with E-state index in [4.69, 9.17) is 4.74 Å². The summed E-state index contributed by atoms with van der Waals surface area (Å²) in [4.78, 5) is 21.6. The number of amides is 1. The first-order valence-electron chi connectivity index (χ1n) is 9.28. The minimum absolute atomic E-state index is 0.277. The molecule has 1 heterocycles. The SMILES string of the molecule is COc1cccc(C(=O)NC(=NCc2ccccn2)Nc2cc(C)cc(C)c2)c1. The zero-order chi connectivity index (χ0) is 20.6. The van der Waals surface area contributed by atoms with Gasteiger partial charge in [-0.05, 0) is 67.4 Å². The molecule has 0 saturated carbocycles. The van der Waals surface area contributed by atoms with Crippen LogP contribution in [0.5, 0.6) is 5.75 Å². The van der Waals surface area contributed by atoms with Crippen LogP contribution in [0.2, 0.25) is 0 Å². The van der Waals surface area contributed by atoms with E-state index in [9.17, 15) is 4.79 Å². The number of guanidine groups is 1. The van der Waals surface area contributed by atoms with Gasteiger partial charge in [-0.3, -0.25) is 15.1 Å². The molecule has 0 spiro atoms. The number of rotatable bonds is 5. The van der Waals surface area contributed by atoms with E-state index in [2.05, 4.69) is 26.7 Å². The molecule has 6 heteroatoms. The van der Waals surface area contributed by atoms with Crippen LogP contribution < -0.4 is 15.4 Å². The van der Waals surface area contributed by atoms with E-state index >= 15 is 0 Å². The van der Waals surface area contributed by atoms with Gasteiger partial charge in [-0.25, -0.2) is 4.99 Å². The molecule has 6 nitrogen and oxygen atoms in total. The van der Waals surface area contributed by atoms with Crippen LogP contribution >= 0.6 is 0 Å². The molecule has 2 aromatic carbocycles. The van der Waals surface area contributed by atoms with Crippen LogP contribution in [0.25, 0.3) is 0 Å². The second kappa shape index (κ2) is 9.50. The minimum Gasteiger partial charge on any atom is -0.497 e. The number of pyridine rings is 1. The van der Waals surface area contributed by atoms with Crippen LogP contribution in [0, 0.1) is 13.8 Å². The highest BCUT2D eigenvalue weighted by molar-refractivity contribution is 6.10. The Labute approximate surface area is 170 Å². The van der Waals surface area contributed by atoms with Gasteiger partial charge in [0.2, 0.25) is 5.96 Å². The smallest absolute Gasteiger partial charge is 0.258 e. The quantitative estimate of drug-likeness (QED) is 0.510. The maximum Gasteiger partial charge on any atom is 0.258 e. The van der Waals surface area contributed by atoms with Crippen molar-refractivity contribution in [3.05, 3.63) is 89.2 Å². The van der Waals surface area contributed by atoms with Crippen LogP contribution in [0.4, 0.5) is 5.69 Å². The zero-order valence-corrected chi connectivity index (χ0v) is 16.8. The maximum absolute atomic E-state index is 12.8. The molecule has 1 aromatic heterocycles. The maximum atomic E-state index is 12.8. The van der Waals surface area contributed by atoms with Crippen molar-refractivity contribution in [3.8, 4) is 5.75 Å². The van der Waals surface area contributed by atoms with Gasteiger partial charge in [-0.1, -0.05) is 18.2 Å². The predicted octanol–water partition coefficient (Wildman–Crippen LogP) is 4.11. The molecular formula is C23H24N4O2. The van der Waals surface area contributed by atoms with Gasteiger partial charge in [0.15, 0.2) is 0 Å². The molecular weight excluding hydrogens is 364 g/mol. The van der Waals surface area contributed by atoms with Crippen molar-refractivity contribution in [1.82, 2.24) is 10.3 Å². The molecule has 0 aliphatic rings. The third-order valence-corrected chi connectivity index (χ3v) is 4.17. The Morgan fingerprint density at radius 3 is 2.52 bits per heavy atom. The first kappa shape index (κ1) is 20.1. The number of nitrogens with one attached hydrogen (secondary N) is 2. The van der Waals surface area contributed by atoms with Crippen molar-refractivity contribution in [2.45, 2.75) is 20.4 Å². The molecule has 0 saturated heterocycles. The molecule has 0 unspecified atom stereocenters. The third kappa shape index (κ3) is 5.90. The number of hydrogen-bond donors (Lipinski definition) is 2. The largest absolute Gasteiger partial charge is 0.497 e. The number of aromatic nitrogens is 1. The van der Waals surface area contributed by atoms with Crippen molar-refractivity contribution in [3.63, 3.8) is 0 Å². The number of aliphatic imine (C=N–C) groups is 1. The number of methoxy groups -OCH3 is 1. The first-order chi connectivity index (χ1) is 14.0. The number of hydrogen-bond acceptors (Lipinski definition) is 4. The van der Waals surface area contributed by atoms with E-state index in [0.29, 0.717) is 23.8 Å². The lowest BCUT2D eigenvalue weighted by Gasteiger charge is -2.13. The lowest BCUT2D eigenvalue weighted by Crippen LogP contribution is -2.36. The van der Waals surface area contributed by atoms with Crippen LogP contribution in [0.3, 0.4) is 0 Å². The monoisotopic (exact) mass is 388 g/mol. The summed E-state index contributed by atoms with van der Waals surface area (Å²) in [5.41, 5.74) is 4.39. The number of nitrogens with zero attached hydrogens (tertiary/aromatic N) is 2. The molecule has 29 heavy (non-hydrogen) atoms. The average molecular weight is 388 g/mol. The molecule has 0 fully saturated rings. The predicted molar refractivity (Wildman–Crippen MR) is 115 cm³/mol. The second-order valence-corrected chi connectivity index (χ2v) is 6.67. The fourth-order valence-electron chi connectivity index (χ4n) is 2.89. The van der Waals surface area contributed by atoms with E-state index in [1.54, 1.807) is 37.6 Å². The van der Waals surface area contributed by atoms with Crippen LogP contribution in [0.1, 0.15) is 27.2 Å². The Kier molecular flexibility index (Phi) is 6.58. The van der Waals surface area contributed by atoms with Crippen molar-refractivity contribution in [2.75, 3.05) is 12.4 Å². The van der Waals surface area contributed by atoms with Gasteiger partial charge in [0, 0.05) is 17.4 Å². The Morgan fingerprint density at radius 1 is 1.03 bits per heavy atom. The van der Waals surface area contributed by atoms with Gasteiger partial charge < -0.3 is 10.1 Å². The van der Waals surface area contributed by atoms with Crippen LogP contribution in [-0.2, 0) is 6.54 Å². The highest BCUT2D eigenvalue weighted by Crippen LogP contribution is 2.15. The number of carbonyl (C=O) groups excluding carboxylic acids is 1. The van der Waals surface area contributed by atoms with Crippen LogP contribution in [0.15, 0.2) is 71.9 Å². The molecule has 0 aliphatic carbocycles. The summed E-state index contributed by atoms with van der Waals surface area (Å²) in [6.07, 6.45) is 1.72. The standard InChI is InChI=1S/C23H24N4O2/c1-16-11-17(2)13-20(12-16)26-23(25-15-19-8-4-5-10-24-19)27-22(28)18-7-6-9-21(14-18)29-3/h4-14H,15H2,1-3H3,(H2,25,26,27,28). The molecule has 0 atom stereocenters. The van der Waals surface area contributed by atoms with E-state index in [1.807, 2.05) is 44.2 Å². The fraction of sp³-hybridized carbons (Fsp3) is 0.174. The number of benzene rings is 2. The molecule has 2 N–H and O–H groups in total. The Bertz CT molecular complexity index is 996. The zero-order valence-electron chi connectivity index (χ0n) is 16.8. The molecule has 1 amide bonds. The normalized spacial score (nSPS) is 11.1. The van der Waals surface area contributed by atoms with Crippen molar-refractivity contribution < 1.29 is 9.53 Å². The van der Waals surface area contributed by atoms with E-state index in [0.717, 1.165) is 22.5 Å². The topological polar surface area (TPSA) is 75.6 Å². The lowest BCUT2D eigenvalue weighted by atomic mass is 10.1. The van der Waals surface area contributed by atoms with Gasteiger partial charge in [0.1, 0.15) is 5.75 Å². The number of ether oxygens (including phenoxy) is 1. The summed E-state index contributed by atoms with van der Waals surface area (Å²) in [5.74, 6) is 0.695. The van der Waals surface area contributed by atoms with E-state index < -0.39 is 0 Å². The average Bonchev–Trinajstić information content (AvgIpc) is 2.72. The summed E-state index contributed by atoms with van der Waals surface area (Å²) in [5, 5.41) is 6.08. The van der Waals surface area contributed by atoms with E-state index in [-0.39, 0.29) is 5.91 Å². The highest BCUT2D eigenvalue weighted by atomic mass is 16.5. The molecule has 0 radical (unpaired) electrons. The minimum atomic E-state index is -0.277. The van der Waals surface area contributed by atoms with Gasteiger partial charge >= 0.3 is 0 Å². The molecule has 3 aromatic rings. The first-order valence-corrected chi connectivity index (χ1v) is 9.28. The summed E-state index contributed by atoms with van der Waals surface area (Å²) >= 11 is 0. The second-order valence-electron chi connectivity index (χ2n) is 6.67. The molecule has 148 valence electrons. The third-order valence-electron chi connectivity index (χ3n) is 4.17. The van der Waals surface area contributed by atoms with Gasteiger partial charge in [-0.2, -0.15) is 0 Å². The van der Waals surface area contributed by atoms with Gasteiger partial charge in [-0.15, -0.1) is 0 Å². The summed E-state index contributed by atoms with van der Waals surface area (Å²) in [6, 6.07) is 18.7. The molecule has 0 aliphatic heterocycles. The van der Waals surface area contributed by atoms with E-state index in [1.165, 1.54) is 0 Å². The molecule has 0 bridgehead atoms. The molecule has 3 rings (SSSR count). The Balaban J connectivity index is 1.83. The lowest BCUT2D eigenvalue weighted by molar-refractivity contribution is 0.0976. The van der Waals surface area contributed by atoms with Crippen molar-refractivity contribution in [2.24, 2.45) is 4.99 Å². The Hall–Kier alpha value is -3.67. The fourth-order valence-corrected chi connectivity index (χ4v) is 2.89. The number of anilines is 1. The number of aryl methyl sites for hydroxylation is 2. The van der Waals surface area contributed by atoms with Crippen LogP contribution in [-0.4, -0.2) is 24.0 Å². The number of carbonyl (C=O) groups is 1. The van der Waals surface area contributed by atoms with Crippen molar-refractivity contribution >= 4 is 17.6 Å². The van der Waals surface area contributed by atoms with Gasteiger partial charge in [0.25, 0.3) is 5.91 Å². The highest BCUT2D eigenvalue weighted by Gasteiger charge is 2.11. The Morgan fingerprint density at radius 2 is 1.83 bits per heavy atom. The summed E-state index contributed by atoms with van der Waals surface area (Å²) in [6.45, 7) is 4.39. The summed E-state index contributed by atoms with van der Waals surface area (Å²) in [7, 11) is 1.57. The van der Waals surface area contributed by atoms with Gasteiger partial charge in [0.05, 0.1) is 19.3 Å². The van der Waals surface area contributed by atoms with Crippen molar-refractivity contribution in [1.29, 1.82) is 0 Å². The summed E-state index contributed by atoms with van der Waals surface area (Å²) < 4.78 is 5.20.